The van der Waals surface area contributed by atoms with Gasteiger partial charge < -0.3 is 5.73 Å². The zero-order valence-electron chi connectivity index (χ0n) is 9.73. The van der Waals surface area contributed by atoms with Crippen LogP contribution in [0.3, 0.4) is 0 Å². The van der Waals surface area contributed by atoms with E-state index in [0.717, 1.165) is 5.92 Å². The van der Waals surface area contributed by atoms with E-state index in [1.807, 2.05) is 12.3 Å². The fourth-order valence-corrected chi connectivity index (χ4v) is 3.14. The molecule has 0 radical (unpaired) electrons. The van der Waals surface area contributed by atoms with Crippen molar-refractivity contribution in [3.63, 3.8) is 0 Å². The van der Waals surface area contributed by atoms with E-state index < -0.39 is 0 Å². The molecule has 3 rings (SSSR count). The number of hydrogen-bond acceptors (Lipinski definition) is 2. The van der Waals surface area contributed by atoms with Crippen molar-refractivity contribution in [2.24, 2.45) is 11.7 Å². The third-order valence-electron chi connectivity index (χ3n) is 4.35. The number of hydrogen-bond donors (Lipinski definition) is 1. The molecule has 2 aliphatic rings. The van der Waals surface area contributed by atoms with Crippen molar-refractivity contribution in [3.8, 4) is 0 Å². The van der Waals surface area contributed by atoms with Gasteiger partial charge >= 0.3 is 0 Å². The molecule has 1 heterocycles. The summed E-state index contributed by atoms with van der Waals surface area (Å²) in [6, 6.07) is 4.58. The summed E-state index contributed by atoms with van der Waals surface area (Å²) in [4.78, 5) is 4.53. The van der Waals surface area contributed by atoms with E-state index in [1.54, 1.807) is 0 Å². The van der Waals surface area contributed by atoms with Crippen molar-refractivity contribution in [2.75, 3.05) is 0 Å². The van der Waals surface area contributed by atoms with Gasteiger partial charge in [-0.15, -0.1) is 0 Å². The van der Waals surface area contributed by atoms with E-state index >= 15 is 0 Å². The molecule has 16 heavy (non-hydrogen) atoms. The summed E-state index contributed by atoms with van der Waals surface area (Å²) in [6.45, 7) is 0. The minimum Gasteiger partial charge on any atom is -0.327 e. The Labute approximate surface area is 97.3 Å². The van der Waals surface area contributed by atoms with E-state index in [9.17, 15) is 0 Å². The Morgan fingerprint density at radius 2 is 2.25 bits per heavy atom. The van der Waals surface area contributed by atoms with Crippen LogP contribution in [0.1, 0.15) is 49.3 Å². The fourth-order valence-electron chi connectivity index (χ4n) is 3.14. The molecule has 0 amide bonds. The molecule has 0 bridgehead atoms. The van der Waals surface area contributed by atoms with Gasteiger partial charge in [0.15, 0.2) is 0 Å². The Kier molecular flexibility index (Phi) is 2.68. The maximum Gasteiger partial charge on any atom is 0.0482 e. The molecular formula is C14H20N2. The van der Waals surface area contributed by atoms with Crippen molar-refractivity contribution in [1.82, 2.24) is 4.98 Å². The average molecular weight is 216 g/mol. The first-order valence-corrected chi connectivity index (χ1v) is 6.54. The molecule has 1 aromatic rings. The number of nitrogens with two attached hydrogens (primary N) is 1. The largest absolute Gasteiger partial charge is 0.327 e. The van der Waals surface area contributed by atoms with Crippen molar-refractivity contribution >= 4 is 0 Å². The molecule has 2 atom stereocenters. The molecule has 1 fully saturated rings. The summed E-state index contributed by atoms with van der Waals surface area (Å²) in [5.41, 5.74) is 9.08. The molecule has 0 spiro atoms. The van der Waals surface area contributed by atoms with E-state index in [2.05, 4.69) is 11.1 Å². The van der Waals surface area contributed by atoms with E-state index in [0.29, 0.717) is 12.0 Å². The molecule has 2 heteroatoms. The molecule has 0 aliphatic heterocycles. The molecule has 0 aromatic carbocycles. The first-order chi connectivity index (χ1) is 7.84. The molecule has 0 saturated heterocycles. The van der Waals surface area contributed by atoms with Crippen LogP contribution in [0.2, 0.25) is 0 Å². The normalized spacial score (nSPS) is 26.2. The molecule has 2 aliphatic carbocycles. The topological polar surface area (TPSA) is 38.9 Å². The quantitative estimate of drug-likeness (QED) is 0.843. The third kappa shape index (κ3) is 1.75. The van der Waals surface area contributed by atoms with Crippen LogP contribution >= 0.6 is 0 Å². The van der Waals surface area contributed by atoms with E-state index in [-0.39, 0.29) is 0 Å². The molecule has 1 saturated carbocycles. The molecule has 2 nitrogen and oxygen atoms in total. The lowest BCUT2D eigenvalue weighted by Crippen LogP contribution is -2.32. The number of aryl methyl sites for hydroxylation is 1. The highest BCUT2D eigenvalue weighted by atomic mass is 14.8. The highest BCUT2D eigenvalue weighted by Crippen LogP contribution is 2.38. The first-order valence-electron chi connectivity index (χ1n) is 6.54. The van der Waals surface area contributed by atoms with Gasteiger partial charge in [0.05, 0.1) is 0 Å². The van der Waals surface area contributed by atoms with Gasteiger partial charge in [0.25, 0.3) is 0 Å². The summed E-state index contributed by atoms with van der Waals surface area (Å²) in [5, 5.41) is 0. The second-order valence-corrected chi connectivity index (χ2v) is 5.39. The minimum absolute atomic E-state index is 0.335. The van der Waals surface area contributed by atoms with Crippen LogP contribution < -0.4 is 5.73 Å². The van der Waals surface area contributed by atoms with E-state index in [4.69, 9.17) is 5.73 Å². The van der Waals surface area contributed by atoms with Gasteiger partial charge in [-0.2, -0.15) is 0 Å². The molecular weight excluding hydrogens is 196 g/mol. The molecule has 2 unspecified atom stereocenters. The molecule has 2 N–H and O–H groups in total. The van der Waals surface area contributed by atoms with Gasteiger partial charge in [-0.25, -0.2) is 0 Å². The smallest absolute Gasteiger partial charge is 0.0482 e. The lowest BCUT2D eigenvalue weighted by molar-refractivity contribution is 0.262. The summed E-state index contributed by atoms with van der Waals surface area (Å²) >= 11 is 0. The van der Waals surface area contributed by atoms with Gasteiger partial charge in [0, 0.05) is 23.9 Å². The van der Waals surface area contributed by atoms with Crippen LogP contribution in [0, 0.1) is 5.92 Å². The van der Waals surface area contributed by atoms with Gasteiger partial charge in [-0.1, -0.05) is 25.3 Å². The van der Waals surface area contributed by atoms with Crippen LogP contribution in [0.5, 0.6) is 0 Å². The van der Waals surface area contributed by atoms with Crippen molar-refractivity contribution < 1.29 is 0 Å². The van der Waals surface area contributed by atoms with Gasteiger partial charge in [-0.3, -0.25) is 4.98 Å². The Hall–Kier alpha value is -0.890. The molecule has 1 aromatic heterocycles. The maximum atomic E-state index is 6.36. The van der Waals surface area contributed by atoms with Gasteiger partial charge in [0.1, 0.15) is 0 Å². The van der Waals surface area contributed by atoms with Crippen LogP contribution in [0.25, 0.3) is 0 Å². The van der Waals surface area contributed by atoms with Crippen LogP contribution in [0.15, 0.2) is 18.3 Å². The van der Waals surface area contributed by atoms with E-state index in [1.165, 1.54) is 49.8 Å². The number of nitrogens with zero attached hydrogens (tertiary/aromatic N) is 1. The predicted octanol–water partition coefficient (Wildman–Crippen LogP) is 2.63. The van der Waals surface area contributed by atoms with Crippen LogP contribution in [-0.2, 0) is 6.42 Å². The van der Waals surface area contributed by atoms with Crippen LogP contribution in [-0.4, -0.2) is 11.0 Å². The molecule has 86 valence electrons. The fraction of sp³-hybridized carbons (Fsp3) is 0.643. The van der Waals surface area contributed by atoms with Gasteiger partial charge in [-0.05, 0) is 36.8 Å². The Bertz CT molecular complexity index is 371. The lowest BCUT2D eigenvalue weighted by Gasteiger charge is -2.30. The number of rotatable bonds is 3. The Morgan fingerprint density at radius 3 is 3.00 bits per heavy atom. The standard InChI is InChI=1S/C14H20N2/c15-13(9-10-3-1-4-10)12-7-6-11-5-2-8-16-14(11)12/h2,5,8,10,12-13H,1,3-4,6-7,9,15H2. The summed E-state index contributed by atoms with van der Waals surface area (Å²) < 4.78 is 0. The summed E-state index contributed by atoms with van der Waals surface area (Å²) in [6.07, 6.45) is 9.71. The van der Waals surface area contributed by atoms with Crippen molar-refractivity contribution in [1.29, 1.82) is 0 Å². The van der Waals surface area contributed by atoms with Gasteiger partial charge in [0.2, 0.25) is 0 Å². The Balaban J connectivity index is 1.71. The minimum atomic E-state index is 0.335. The summed E-state index contributed by atoms with van der Waals surface area (Å²) in [5.74, 6) is 1.43. The number of pyridine rings is 1. The average Bonchev–Trinajstić information content (AvgIpc) is 2.67. The number of fused-ring (bicyclic) bond motifs is 1. The Morgan fingerprint density at radius 1 is 1.38 bits per heavy atom. The second-order valence-electron chi connectivity index (χ2n) is 5.39. The zero-order valence-corrected chi connectivity index (χ0v) is 9.73. The van der Waals surface area contributed by atoms with Crippen molar-refractivity contribution in [2.45, 2.75) is 50.5 Å². The summed E-state index contributed by atoms with van der Waals surface area (Å²) in [7, 11) is 0. The van der Waals surface area contributed by atoms with Crippen LogP contribution in [0.4, 0.5) is 0 Å². The predicted molar refractivity (Wildman–Crippen MR) is 65.2 cm³/mol. The SMILES string of the molecule is NC(CC1CCC1)C1CCc2cccnc21. The maximum absolute atomic E-state index is 6.36. The lowest BCUT2D eigenvalue weighted by atomic mass is 9.78. The monoisotopic (exact) mass is 216 g/mol. The third-order valence-corrected chi connectivity index (χ3v) is 4.35. The van der Waals surface area contributed by atoms with Crippen molar-refractivity contribution in [3.05, 3.63) is 29.6 Å². The highest BCUT2D eigenvalue weighted by Gasteiger charge is 2.31. The number of aromatic nitrogens is 1. The second kappa shape index (κ2) is 4.17. The highest BCUT2D eigenvalue weighted by molar-refractivity contribution is 5.29. The zero-order chi connectivity index (χ0) is 11.0. The first kappa shape index (κ1) is 10.3.